The van der Waals surface area contributed by atoms with Crippen LogP contribution in [0.25, 0.3) is 0 Å². The number of hydrogen-bond acceptors (Lipinski definition) is 2. The van der Waals surface area contributed by atoms with E-state index < -0.39 is 5.60 Å². The molecule has 81 valence electrons. The zero-order valence-electron chi connectivity index (χ0n) is 8.72. The smallest absolute Gasteiger partial charge is 0.115 e. The summed E-state index contributed by atoms with van der Waals surface area (Å²) in [4.78, 5) is 2.12. The molecule has 0 aromatic heterocycles. The Balaban J connectivity index is 1.91. The Kier molecular flexibility index (Phi) is 3.05. The Morgan fingerprint density at radius 1 is 1.27 bits per heavy atom. The second kappa shape index (κ2) is 4.31. The van der Waals surface area contributed by atoms with Crippen molar-refractivity contribution in [1.82, 2.24) is 4.90 Å². The molecule has 1 aliphatic heterocycles. The van der Waals surface area contributed by atoms with Crippen LogP contribution in [0.2, 0.25) is 0 Å². The van der Waals surface area contributed by atoms with Gasteiger partial charge in [-0.2, -0.15) is 0 Å². The lowest BCUT2D eigenvalue weighted by molar-refractivity contribution is -0.105. The number of aliphatic hydroxyl groups is 1. The van der Waals surface area contributed by atoms with Crippen LogP contribution in [0.15, 0.2) is 30.3 Å². The summed E-state index contributed by atoms with van der Waals surface area (Å²) in [6.07, 6.45) is 0.671. The topological polar surface area (TPSA) is 43.4 Å². The fraction of sp³-hybridized carbons (Fsp3) is 0.500. The fourth-order valence-corrected chi connectivity index (χ4v) is 2.07. The van der Waals surface area contributed by atoms with Crippen LogP contribution in [0.5, 0.6) is 0 Å². The summed E-state index contributed by atoms with van der Waals surface area (Å²) in [6.45, 7) is 2.08. The lowest BCUT2D eigenvalue weighted by atomic mass is 9.86. The van der Waals surface area contributed by atoms with Crippen LogP contribution in [0.3, 0.4) is 0 Å². The summed E-state index contributed by atoms with van der Waals surface area (Å²) in [5.41, 5.74) is 0.285. The first-order valence-electron chi connectivity index (χ1n) is 5.33. The molecule has 0 unspecified atom stereocenters. The summed E-state index contributed by atoms with van der Waals surface area (Å²) < 4.78 is 0. The van der Waals surface area contributed by atoms with E-state index in [1.54, 1.807) is 0 Å². The summed E-state index contributed by atoms with van der Waals surface area (Å²) in [5.74, 6) is 0. The minimum absolute atomic E-state index is 0.0275. The van der Waals surface area contributed by atoms with E-state index in [1.807, 2.05) is 30.3 Å². The van der Waals surface area contributed by atoms with Gasteiger partial charge in [0.2, 0.25) is 0 Å². The SMILES string of the molecule is [O]CCCN1CC(O)(c2ccccc2)C1. The van der Waals surface area contributed by atoms with E-state index in [2.05, 4.69) is 4.90 Å². The van der Waals surface area contributed by atoms with Crippen molar-refractivity contribution in [2.24, 2.45) is 0 Å². The molecule has 0 saturated carbocycles. The Hall–Kier alpha value is -0.900. The second-order valence-electron chi connectivity index (χ2n) is 4.17. The quantitative estimate of drug-likeness (QED) is 0.799. The van der Waals surface area contributed by atoms with Crippen molar-refractivity contribution in [3.63, 3.8) is 0 Å². The number of benzene rings is 1. The van der Waals surface area contributed by atoms with E-state index in [1.165, 1.54) is 0 Å². The molecular weight excluding hydrogens is 190 g/mol. The van der Waals surface area contributed by atoms with Gasteiger partial charge in [0.05, 0.1) is 6.61 Å². The number of hydrogen-bond donors (Lipinski definition) is 1. The van der Waals surface area contributed by atoms with Gasteiger partial charge in [-0.05, 0) is 12.0 Å². The summed E-state index contributed by atoms with van der Waals surface area (Å²) in [5, 5.41) is 20.5. The fourth-order valence-electron chi connectivity index (χ4n) is 2.07. The Labute approximate surface area is 90.0 Å². The molecule has 1 saturated heterocycles. The molecule has 1 aliphatic rings. The lowest BCUT2D eigenvalue weighted by Crippen LogP contribution is -2.59. The molecule has 1 radical (unpaired) electrons. The van der Waals surface area contributed by atoms with Crippen LogP contribution in [0.4, 0.5) is 0 Å². The molecule has 1 aromatic carbocycles. The van der Waals surface area contributed by atoms with E-state index in [-0.39, 0.29) is 6.61 Å². The van der Waals surface area contributed by atoms with Gasteiger partial charge in [0.25, 0.3) is 0 Å². The molecule has 1 fully saturated rings. The zero-order valence-corrected chi connectivity index (χ0v) is 8.72. The molecule has 3 heteroatoms. The van der Waals surface area contributed by atoms with Gasteiger partial charge in [0.1, 0.15) is 5.60 Å². The third-order valence-electron chi connectivity index (χ3n) is 2.90. The predicted molar refractivity (Wildman–Crippen MR) is 56.9 cm³/mol. The third-order valence-corrected chi connectivity index (χ3v) is 2.90. The maximum Gasteiger partial charge on any atom is 0.115 e. The molecule has 0 amide bonds. The first kappa shape index (κ1) is 10.6. The minimum Gasteiger partial charge on any atom is -0.382 e. The second-order valence-corrected chi connectivity index (χ2v) is 4.17. The lowest BCUT2D eigenvalue weighted by Gasteiger charge is -2.46. The molecule has 0 spiro atoms. The predicted octanol–water partition coefficient (Wildman–Crippen LogP) is 1.01. The number of likely N-dealkylation sites (tertiary alicyclic amines) is 1. The van der Waals surface area contributed by atoms with Crippen LogP contribution in [0.1, 0.15) is 12.0 Å². The maximum atomic E-state index is 10.3. The van der Waals surface area contributed by atoms with Gasteiger partial charge in [0, 0.05) is 19.6 Å². The zero-order chi connectivity index (χ0) is 10.7. The summed E-state index contributed by atoms with van der Waals surface area (Å²) in [6, 6.07) is 9.72. The van der Waals surface area contributed by atoms with Gasteiger partial charge in [-0.15, -0.1) is 0 Å². The van der Waals surface area contributed by atoms with E-state index >= 15 is 0 Å². The Morgan fingerprint density at radius 3 is 2.53 bits per heavy atom. The molecule has 2 rings (SSSR count). The van der Waals surface area contributed by atoms with Gasteiger partial charge in [-0.1, -0.05) is 30.3 Å². The van der Waals surface area contributed by atoms with Gasteiger partial charge in [-0.25, -0.2) is 5.11 Å². The van der Waals surface area contributed by atoms with Crippen molar-refractivity contribution in [3.8, 4) is 0 Å². The summed E-state index contributed by atoms with van der Waals surface area (Å²) >= 11 is 0. The minimum atomic E-state index is -0.690. The van der Waals surface area contributed by atoms with Crippen LogP contribution in [0, 0.1) is 0 Å². The molecule has 1 aromatic rings. The van der Waals surface area contributed by atoms with Gasteiger partial charge in [0.15, 0.2) is 0 Å². The van der Waals surface area contributed by atoms with Gasteiger partial charge in [-0.3, -0.25) is 4.90 Å². The third kappa shape index (κ3) is 2.20. The van der Waals surface area contributed by atoms with Crippen molar-refractivity contribution in [1.29, 1.82) is 0 Å². The van der Waals surface area contributed by atoms with Gasteiger partial charge >= 0.3 is 0 Å². The van der Waals surface area contributed by atoms with Crippen LogP contribution >= 0.6 is 0 Å². The van der Waals surface area contributed by atoms with E-state index in [0.717, 1.165) is 12.1 Å². The van der Waals surface area contributed by atoms with E-state index in [4.69, 9.17) is 0 Å². The number of nitrogens with zero attached hydrogens (tertiary/aromatic N) is 1. The molecule has 1 N–H and O–H groups in total. The normalized spacial score (nSPS) is 19.9. The van der Waals surface area contributed by atoms with Crippen molar-refractivity contribution in [3.05, 3.63) is 35.9 Å². The monoisotopic (exact) mass is 206 g/mol. The van der Waals surface area contributed by atoms with E-state index in [0.29, 0.717) is 19.5 Å². The molecular formula is C12H16NO2. The largest absolute Gasteiger partial charge is 0.382 e. The number of rotatable bonds is 4. The average Bonchev–Trinajstić information content (AvgIpc) is 2.24. The maximum absolute atomic E-state index is 10.3. The van der Waals surface area contributed by atoms with Crippen molar-refractivity contribution in [2.45, 2.75) is 12.0 Å². The Morgan fingerprint density at radius 2 is 1.93 bits per heavy atom. The first-order valence-corrected chi connectivity index (χ1v) is 5.33. The highest BCUT2D eigenvalue weighted by molar-refractivity contribution is 5.25. The van der Waals surface area contributed by atoms with Crippen molar-refractivity contribution in [2.75, 3.05) is 26.2 Å². The van der Waals surface area contributed by atoms with Crippen LogP contribution in [-0.4, -0.2) is 36.2 Å². The van der Waals surface area contributed by atoms with Crippen molar-refractivity contribution >= 4 is 0 Å². The molecule has 1 heterocycles. The highest BCUT2D eigenvalue weighted by atomic mass is 16.3. The number of β-amino-alcohol motifs (C(OH)–C–C–N with tert-alkyl or cyclic N) is 1. The molecule has 3 nitrogen and oxygen atoms in total. The average molecular weight is 206 g/mol. The first-order chi connectivity index (χ1) is 7.24. The molecule has 0 bridgehead atoms. The summed E-state index contributed by atoms with van der Waals surface area (Å²) in [7, 11) is 0. The van der Waals surface area contributed by atoms with Crippen LogP contribution in [-0.2, 0) is 10.7 Å². The highest BCUT2D eigenvalue weighted by Gasteiger charge is 2.41. The van der Waals surface area contributed by atoms with Crippen molar-refractivity contribution < 1.29 is 10.2 Å². The molecule has 0 atom stereocenters. The highest BCUT2D eigenvalue weighted by Crippen LogP contribution is 2.31. The van der Waals surface area contributed by atoms with E-state index in [9.17, 15) is 10.2 Å². The molecule has 0 aliphatic carbocycles. The van der Waals surface area contributed by atoms with Gasteiger partial charge < -0.3 is 5.11 Å². The Bertz CT molecular complexity index is 307. The van der Waals surface area contributed by atoms with Crippen LogP contribution < -0.4 is 0 Å². The standard InChI is InChI=1S/C12H16NO2/c14-8-4-7-13-9-12(15,10-13)11-5-2-1-3-6-11/h1-3,5-6,15H,4,7-10H2. The molecule has 15 heavy (non-hydrogen) atoms.